The van der Waals surface area contributed by atoms with Gasteiger partial charge in [0, 0.05) is 6.42 Å². The quantitative estimate of drug-likeness (QED) is 0.703. The van der Waals surface area contributed by atoms with Gasteiger partial charge in [0.05, 0.1) is 5.69 Å². The average molecular weight is 275 g/mol. The lowest BCUT2D eigenvalue weighted by Crippen LogP contribution is -1.96. The van der Waals surface area contributed by atoms with E-state index in [9.17, 15) is 0 Å². The number of hydrogen-bond donors (Lipinski definition) is 1. The van der Waals surface area contributed by atoms with E-state index in [1.54, 1.807) is 0 Å². The summed E-state index contributed by atoms with van der Waals surface area (Å²) in [5.41, 5.74) is 9.00. The number of benzene rings is 3. The molecule has 0 aliphatic carbocycles. The summed E-state index contributed by atoms with van der Waals surface area (Å²) in [7, 11) is 0. The van der Waals surface area contributed by atoms with E-state index in [1.165, 1.54) is 5.56 Å². The molecule has 0 spiro atoms. The van der Waals surface area contributed by atoms with Gasteiger partial charge in [0.2, 0.25) is 0 Å². The molecule has 3 rings (SSSR count). The Hall–Kier alpha value is -2.74. The van der Waals surface area contributed by atoms with Crippen LogP contribution < -0.4 is 10.5 Å². The highest BCUT2D eigenvalue weighted by Crippen LogP contribution is 2.30. The molecule has 104 valence electrons. The van der Waals surface area contributed by atoms with Gasteiger partial charge < -0.3 is 10.5 Å². The number of nitrogen functional groups attached to an aromatic ring is 1. The largest absolute Gasteiger partial charge is 0.455 e. The Morgan fingerprint density at radius 3 is 2.05 bits per heavy atom. The standard InChI is InChI=1S/C19H17NO/c20-17-11-5-7-13-19(17)21-18-12-6-4-10-16(18)14-15-8-2-1-3-9-15/h1-13H,14,20H2. The zero-order valence-corrected chi connectivity index (χ0v) is 11.7. The molecule has 0 aromatic heterocycles. The van der Waals surface area contributed by atoms with Crippen molar-refractivity contribution < 1.29 is 4.74 Å². The van der Waals surface area contributed by atoms with Gasteiger partial charge in [0.1, 0.15) is 11.5 Å². The van der Waals surface area contributed by atoms with E-state index in [0.29, 0.717) is 11.4 Å². The lowest BCUT2D eigenvalue weighted by atomic mass is 10.0. The molecule has 3 aromatic carbocycles. The maximum atomic E-state index is 5.99. The Morgan fingerprint density at radius 2 is 1.29 bits per heavy atom. The van der Waals surface area contributed by atoms with E-state index in [4.69, 9.17) is 10.5 Å². The summed E-state index contributed by atoms with van der Waals surface area (Å²) in [6.07, 6.45) is 0.837. The van der Waals surface area contributed by atoms with Gasteiger partial charge in [-0.2, -0.15) is 0 Å². The second kappa shape index (κ2) is 6.14. The van der Waals surface area contributed by atoms with Crippen molar-refractivity contribution in [3.05, 3.63) is 90.0 Å². The van der Waals surface area contributed by atoms with Crippen molar-refractivity contribution in [1.29, 1.82) is 0 Å². The van der Waals surface area contributed by atoms with Crippen molar-refractivity contribution in [2.75, 3.05) is 5.73 Å². The van der Waals surface area contributed by atoms with E-state index in [-0.39, 0.29) is 0 Å². The Labute approximate surface area is 124 Å². The molecule has 2 heteroatoms. The zero-order chi connectivity index (χ0) is 14.5. The third-order valence-electron chi connectivity index (χ3n) is 3.35. The molecule has 0 amide bonds. The van der Waals surface area contributed by atoms with Crippen LogP contribution in [0.1, 0.15) is 11.1 Å². The van der Waals surface area contributed by atoms with E-state index >= 15 is 0 Å². The van der Waals surface area contributed by atoms with Gasteiger partial charge in [0.15, 0.2) is 0 Å². The third-order valence-corrected chi connectivity index (χ3v) is 3.35. The molecule has 3 aromatic rings. The molecule has 0 unspecified atom stereocenters. The molecule has 0 radical (unpaired) electrons. The highest BCUT2D eigenvalue weighted by Gasteiger charge is 2.07. The second-order valence-electron chi connectivity index (χ2n) is 4.91. The van der Waals surface area contributed by atoms with Crippen molar-refractivity contribution in [3.63, 3.8) is 0 Å². The number of rotatable bonds is 4. The van der Waals surface area contributed by atoms with Crippen LogP contribution in [0.25, 0.3) is 0 Å². The van der Waals surface area contributed by atoms with Crippen molar-refractivity contribution >= 4 is 5.69 Å². The number of nitrogens with two attached hydrogens (primary N) is 1. The molecule has 0 aliphatic rings. The number of anilines is 1. The van der Waals surface area contributed by atoms with Crippen molar-refractivity contribution in [2.45, 2.75) is 6.42 Å². The van der Waals surface area contributed by atoms with Crippen LogP contribution >= 0.6 is 0 Å². The van der Waals surface area contributed by atoms with Crippen molar-refractivity contribution in [1.82, 2.24) is 0 Å². The fourth-order valence-electron chi connectivity index (χ4n) is 2.26. The van der Waals surface area contributed by atoms with Crippen LogP contribution in [0.15, 0.2) is 78.9 Å². The van der Waals surface area contributed by atoms with Gasteiger partial charge >= 0.3 is 0 Å². The number of para-hydroxylation sites is 3. The molecule has 0 aliphatic heterocycles. The van der Waals surface area contributed by atoms with Gasteiger partial charge in [-0.1, -0.05) is 60.7 Å². The smallest absolute Gasteiger partial charge is 0.150 e. The summed E-state index contributed by atoms with van der Waals surface area (Å²) in [6.45, 7) is 0. The second-order valence-corrected chi connectivity index (χ2v) is 4.91. The van der Waals surface area contributed by atoms with Gasteiger partial charge in [-0.05, 0) is 29.3 Å². The maximum absolute atomic E-state index is 5.99. The summed E-state index contributed by atoms with van der Waals surface area (Å²) in [4.78, 5) is 0. The molecule has 0 bridgehead atoms. The predicted octanol–water partition coefficient (Wildman–Crippen LogP) is 4.65. The molecule has 2 N–H and O–H groups in total. The van der Waals surface area contributed by atoms with E-state index < -0.39 is 0 Å². The molecule has 2 nitrogen and oxygen atoms in total. The van der Waals surface area contributed by atoms with Crippen LogP contribution in [0, 0.1) is 0 Å². The lowest BCUT2D eigenvalue weighted by molar-refractivity contribution is 0.480. The van der Waals surface area contributed by atoms with E-state index in [0.717, 1.165) is 17.7 Å². The first-order valence-corrected chi connectivity index (χ1v) is 6.97. The average Bonchev–Trinajstić information content (AvgIpc) is 2.52. The van der Waals surface area contributed by atoms with Crippen LogP contribution in [0.3, 0.4) is 0 Å². The molecule has 0 saturated carbocycles. The Kier molecular flexibility index (Phi) is 3.88. The minimum atomic E-state index is 0.645. The Balaban J connectivity index is 1.88. The highest BCUT2D eigenvalue weighted by molar-refractivity contribution is 5.54. The Bertz CT molecular complexity index is 722. The topological polar surface area (TPSA) is 35.2 Å². The summed E-state index contributed by atoms with van der Waals surface area (Å²) >= 11 is 0. The van der Waals surface area contributed by atoms with Gasteiger partial charge in [-0.3, -0.25) is 0 Å². The molecule has 21 heavy (non-hydrogen) atoms. The fraction of sp³-hybridized carbons (Fsp3) is 0.0526. The zero-order valence-electron chi connectivity index (χ0n) is 11.7. The predicted molar refractivity (Wildman–Crippen MR) is 86.6 cm³/mol. The molecule has 0 heterocycles. The van der Waals surface area contributed by atoms with Crippen LogP contribution in [-0.4, -0.2) is 0 Å². The van der Waals surface area contributed by atoms with E-state index in [2.05, 4.69) is 18.2 Å². The molecular formula is C19H17NO. The minimum absolute atomic E-state index is 0.645. The molecular weight excluding hydrogens is 258 g/mol. The lowest BCUT2D eigenvalue weighted by Gasteiger charge is -2.12. The summed E-state index contributed by atoms with van der Waals surface area (Å²) in [5, 5.41) is 0. The SMILES string of the molecule is Nc1ccccc1Oc1ccccc1Cc1ccccc1. The molecule has 0 atom stereocenters. The van der Waals surface area contributed by atoms with Crippen LogP contribution in [-0.2, 0) is 6.42 Å². The first-order valence-electron chi connectivity index (χ1n) is 6.97. The third kappa shape index (κ3) is 3.23. The first kappa shape index (κ1) is 13.3. The number of ether oxygens (including phenoxy) is 1. The first-order chi connectivity index (χ1) is 10.3. The van der Waals surface area contributed by atoms with Gasteiger partial charge in [0.25, 0.3) is 0 Å². The monoisotopic (exact) mass is 275 g/mol. The summed E-state index contributed by atoms with van der Waals surface area (Å²) in [6, 6.07) is 26.0. The summed E-state index contributed by atoms with van der Waals surface area (Å²) < 4.78 is 5.99. The van der Waals surface area contributed by atoms with E-state index in [1.807, 2.05) is 60.7 Å². The van der Waals surface area contributed by atoms with Crippen molar-refractivity contribution in [3.8, 4) is 11.5 Å². The van der Waals surface area contributed by atoms with Crippen LogP contribution in [0.2, 0.25) is 0 Å². The van der Waals surface area contributed by atoms with Gasteiger partial charge in [-0.15, -0.1) is 0 Å². The van der Waals surface area contributed by atoms with Crippen LogP contribution in [0.4, 0.5) is 5.69 Å². The van der Waals surface area contributed by atoms with Crippen molar-refractivity contribution in [2.24, 2.45) is 0 Å². The minimum Gasteiger partial charge on any atom is -0.455 e. The normalized spacial score (nSPS) is 10.3. The van der Waals surface area contributed by atoms with Crippen LogP contribution in [0.5, 0.6) is 11.5 Å². The molecule has 0 fully saturated rings. The number of hydrogen-bond acceptors (Lipinski definition) is 2. The van der Waals surface area contributed by atoms with Gasteiger partial charge in [-0.25, -0.2) is 0 Å². The molecule has 0 saturated heterocycles. The fourth-order valence-corrected chi connectivity index (χ4v) is 2.26. The highest BCUT2D eigenvalue weighted by atomic mass is 16.5. The Morgan fingerprint density at radius 1 is 0.667 bits per heavy atom. The maximum Gasteiger partial charge on any atom is 0.150 e. The summed E-state index contributed by atoms with van der Waals surface area (Å²) in [5.74, 6) is 1.54.